The predicted molar refractivity (Wildman–Crippen MR) is 77.2 cm³/mol. The maximum atomic E-state index is 11.4. The molecule has 0 spiro atoms. The van der Waals surface area contributed by atoms with Crippen molar-refractivity contribution in [3.63, 3.8) is 0 Å². The number of ether oxygens (including phenoxy) is 1. The molecule has 1 aromatic carbocycles. The lowest BCUT2D eigenvalue weighted by atomic mass is 10.2. The fourth-order valence-electron chi connectivity index (χ4n) is 1.42. The molecule has 1 aromatic heterocycles. The highest BCUT2D eigenvalue weighted by molar-refractivity contribution is 7.18. The molecule has 0 fully saturated rings. The van der Waals surface area contributed by atoms with E-state index in [1.54, 1.807) is 6.07 Å². The van der Waals surface area contributed by atoms with E-state index in [1.807, 2.05) is 18.2 Å². The van der Waals surface area contributed by atoms with Crippen molar-refractivity contribution < 1.29 is 9.53 Å². The minimum atomic E-state index is -0.488. The third kappa shape index (κ3) is 3.59. The van der Waals surface area contributed by atoms with Gasteiger partial charge in [-0.15, -0.1) is 0 Å². The standard InChI is InChI=1S/C12H10Cl2N2O2S/c1-18-11(17)9-10(14)16-12(19-9)15-6-7-3-2-4-8(13)5-7/h2-5H,6H2,1H3,(H,15,16). The van der Waals surface area contributed by atoms with Crippen LogP contribution in [0.5, 0.6) is 0 Å². The number of halogens is 2. The van der Waals surface area contributed by atoms with Gasteiger partial charge in [0.15, 0.2) is 15.2 Å². The maximum Gasteiger partial charge on any atom is 0.351 e. The highest BCUT2D eigenvalue weighted by atomic mass is 35.5. The second-order valence-electron chi connectivity index (χ2n) is 3.61. The number of thiazole rings is 1. The first-order valence-electron chi connectivity index (χ1n) is 5.33. The fourth-order valence-corrected chi connectivity index (χ4v) is 2.73. The predicted octanol–water partition coefficient (Wildman–Crippen LogP) is 3.85. The molecule has 19 heavy (non-hydrogen) atoms. The van der Waals surface area contributed by atoms with E-state index in [0.717, 1.165) is 16.9 Å². The molecule has 0 atom stereocenters. The first-order valence-corrected chi connectivity index (χ1v) is 6.90. The number of rotatable bonds is 4. The van der Waals surface area contributed by atoms with Crippen LogP contribution in [0.4, 0.5) is 5.13 Å². The summed E-state index contributed by atoms with van der Waals surface area (Å²) in [6.07, 6.45) is 0. The number of carbonyl (C=O) groups is 1. The number of carbonyl (C=O) groups excluding carboxylic acids is 1. The molecule has 0 aliphatic heterocycles. The number of hydrogen-bond donors (Lipinski definition) is 1. The summed E-state index contributed by atoms with van der Waals surface area (Å²) in [6.45, 7) is 0.547. The number of benzene rings is 1. The third-order valence-corrected chi connectivity index (χ3v) is 3.90. The van der Waals surface area contributed by atoms with E-state index >= 15 is 0 Å². The topological polar surface area (TPSA) is 51.2 Å². The Kier molecular flexibility index (Phi) is 4.63. The largest absolute Gasteiger partial charge is 0.465 e. The van der Waals surface area contributed by atoms with Gasteiger partial charge in [-0.3, -0.25) is 0 Å². The molecule has 0 unspecified atom stereocenters. The van der Waals surface area contributed by atoms with Gasteiger partial charge in [-0.2, -0.15) is 0 Å². The number of esters is 1. The Hall–Kier alpha value is -1.30. The lowest BCUT2D eigenvalue weighted by Crippen LogP contribution is -1.98. The molecule has 0 saturated carbocycles. The first-order chi connectivity index (χ1) is 9.10. The molecule has 0 radical (unpaired) electrons. The van der Waals surface area contributed by atoms with Crippen LogP contribution in [-0.4, -0.2) is 18.1 Å². The van der Waals surface area contributed by atoms with Gasteiger partial charge in [-0.05, 0) is 17.7 Å². The molecule has 2 aromatic rings. The van der Waals surface area contributed by atoms with E-state index in [9.17, 15) is 4.79 Å². The first kappa shape index (κ1) is 14.1. The number of anilines is 1. The quantitative estimate of drug-likeness (QED) is 0.870. The average molecular weight is 317 g/mol. The number of hydrogen-bond acceptors (Lipinski definition) is 5. The summed E-state index contributed by atoms with van der Waals surface area (Å²) in [6, 6.07) is 7.47. The van der Waals surface area contributed by atoms with Gasteiger partial charge in [0.25, 0.3) is 0 Å². The van der Waals surface area contributed by atoms with Gasteiger partial charge in [0, 0.05) is 11.6 Å². The van der Waals surface area contributed by atoms with Crippen molar-refractivity contribution >= 4 is 45.6 Å². The Bertz CT molecular complexity index is 601. The van der Waals surface area contributed by atoms with Gasteiger partial charge < -0.3 is 10.1 Å². The Morgan fingerprint density at radius 2 is 2.26 bits per heavy atom. The van der Waals surface area contributed by atoms with Crippen molar-refractivity contribution in [2.45, 2.75) is 6.54 Å². The van der Waals surface area contributed by atoms with Crippen LogP contribution in [0, 0.1) is 0 Å². The van der Waals surface area contributed by atoms with Gasteiger partial charge in [0.1, 0.15) is 0 Å². The van der Waals surface area contributed by atoms with Gasteiger partial charge in [-0.25, -0.2) is 9.78 Å². The molecule has 4 nitrogen and oxygen atoms in total. The van der Waals surface area contributed by atoms with Crippen LogP contribution in [0.1, 0.15) is 15.2 Å². The van der Waals surface area contributed by atoms with E-state index in [4.69, 9.17) is 23.2 Å². The van der Waals surface area contributed by atoms with E-state index in [-0.39, 0.29) is 10.0 Å². The second kappa shape index (κ2) is 6.23. The molecule has 1 heterocycles. The molecule has 0 bridgehead atoms. The zero-order chi connectivity index (χ0) is 13.8. The number of nitrogens with one attached hydrogen (secondary N) is 1. The smallest absolute Gasteiger partial charge is 0.351 e. The van der Waals surface area contributed by atoms with Crippen molar-refractivity contribution in [3.05, 3.63) is 44.9 Å². The molecular weight excluding hydrogens is 307 g/mol. The molecule has 0 aliphatic rings. The summed E-state index contributed by atoms with van der Waals surface area (Å²) in [7, 11) is 1.30. The van der Waals surface area contributed by atoms with Crippen molar-refractivity contribution in [1.82, 2.24) is 4.98 Å². The minimum absolute atomic E-state index is 0.144. The zero-order valence-corrected chi connectivity index (χ0v) is 12.3. The Morgan fingerprint density at radius 3 is 2.95 bits per heavy atom. The van der Waals surface area contributed by atoms with Crippen molar-refractivity contribution in [2.24, 2.45) is 0 Å². The summed E-state index contributed by atoms with van der Waals surface area (Å²) in [5, 5.41) is 4.46. The van der Waals surface area contributed by atoms with Gasteiger partial charge in [0.2, 0.25) is 0 Å². The van der Waals surface area contributed by atoms with Crippen LogP contribution in [0.2, 0.25) is 10.2 Å². The molecule has 0 saturated heterocycles. The van der Waals surface area contributed by atoms with Gasteiger partial charge in [0.05, 0.1) is 7.11 Å². The molecular formula is C12H10Cl2N2O2S. The lowest BCUT2D eigenvalue weighted by Gasteiger charge is -2.02. The fraction of sp³-hybridized carbons (Fsp3) is 0.167. The van der Waals surface area contributed by atoms with Crippen LogP contribution in [0.25, 0.3) is 0 Å². The normalized spacial score (nSPS) is 10.3. The second-order valence-corrected chi connectivity index (χ2v) is 5.41. The zero-order valence-electron chi connectivity index (χ0n) is 9.94. The number of methoxy groups -OCH3 is 1. The van der Waals surface area contributed by atoms with E-state index in [1.165, 1.54) is 7.11 Å². The molecule has 0 amide bonds. The van der Waals surface area contributed by atoms with E-state index < -0.39 is 5.97 Å². The van der Waals surface area contributed by atoms with Gasteiger partial charge >= 0.3 is 5.97 Å². The van der Waals surface area contributed by atoms with Crippen molar-refractivity contribution in [3.8, 4) is 0 Å². The number of aromatic nitrogens is 1. The lowest BCUT2D eigenvalue weighted by molar-refractivity contribution is 0.0606. The van der Waals surface area contributed by atoms with E-state index in [0.29, 0.717) is 16.7 Å². The summed E-state index contributed by atoms with van der Waals surface area (Å²) in [5.74, 6) is -0.488. The molecule has 100 valence electrons. The molecule has 1 N–H and O–H groups in total. The molecule has 2 rings (SSSR count). The SMILES string of the molecule is COC(=O)c1sc(NCc2cccc(Cl)c2)nc1Cl. The Balaban J connectivity index is 2.06. The third-order valence-electron chi connectivity index (χ3n) is 2.29. The maximum absolute atomic E-state index is 11.4. The summed E-state index contributed by atoms with van der Waals surface area (Å²) < 4.78 is 4.61. The highest BCUT2D eigenvalue weighted by Crippen LogP contribution is 2.27. The molecule has 0 aliphatic carbocycles. The average Bonchev–Trinajstić information content (AvgIpc) is 2.77. The Labute approximate surface area is 124 Å². The van der Waals surface area contributed by atoms with Crippen LogP contribution in [-0.2, 0) is 11.3 Å². The minimum Gasteiger partial charge on any atom is -0.465 e. The highest BCUT2D eigenvalue weighted by Gasteiger charge is 2.16. The van der Waals surface area contributed by atoms with Crippen LogP contribution in [0.3, 0.4) is 0 Å². The van der Waals surface area contributed by atoms with Crippen LogP contribution >= 0.6 is 34.5 Å². The Morgan fingerprint density at radius 1 is 1.47 bits per heavy atom. The van der Waals surface area contributed by atoms with Gasteiger partial charge in [-0.1, -0.05) is 46.7 Å². The summed E-state index contributed by atoms with van der Waals surface area (Å²) >= 11 is 12.9. The van der Waals surface area contributed by atoms with Crippen LogP contribution < -0.4 is 5.32 Å². The van der Waals surface area contributed by atoms with Crippen molar-refractivity contribution in [1.29, 1.82) is 0 Å². The van der Waals surface area contributed by atoms with Crippen LogP contribution in [0.15, 0.2) is 24.3 Å². The summed E-state index contributed by atoms with van der Waals surface area (Å²) in [5.41, 5.74) is 1.01. The van der Waals surface area contributed by atoms with E-state index in [2.05, 4.69) is 15.0 Å². The monoisotopic (exact) mass is 316 g/mol. The summed E-state index contributed by atoms with van der Waals surface area (Å²) in [4.78, 5) is 15.7. The van der Waals surface area contributed by atoms with Crippen molar-refractivity contribution in [2.75, 3.05) is 12.4 Å². The number of nitrogens with zero attached hydrogens (tertiary/aromatic N) is 1. The molecule has 7 heteroatoms.